The summed E-state index contributed by atoms with van der Waals surface area (Å²) in [4.78, 5) is 81.7. The number of aromatic amines is 1. The maximum absolute atomic E-state index is 15.4. The lowest BCUT2D eigenvalue weighted by molar-refractivity contribution is -0.386. The van der Waals surface area contributed by atoms with Gasteiger partial charge in [-0.2, -0.15) is 15.4 Å². The Balaban J connectivity index is 0.922. The normalized spacial score (nSPS) is 30.2. The third-order valence-electron chi connectivity index (χ3n) is 19.4. The van der Waals surface area contributed by atoms with Gasteiger partial charge < -0.3 is 56.2 Å². The molecule has 82 heavy (non-hydrogen) atoms. The minimum atomic E-state index is -1.42. The smallest absolute Gasteiger partial charge is 0.480 e. The number of ketones is 1. The molecule has 0 aliphatic heterocycles. The molecule has 23 heteroatoms. The number of allylic oxidation sites excluding steroid dienone is 2. The second-order valence-electron chi connectivity index (χ2n) is 24.3. The molecule has 5 aliphatic rings. The van der Waals surface area contributed by atoms with E-state index in [4.69, 9.17) is 56.2 Å². The number of aromatic nitrogens is 3. The number of aryl methyl sites for hydroxylation is 1. The molecule has 0 radical (unpaired) electrons. The number of rotatable bonds is 29. The number of carbonyl (C=O) groups excluding carboxylic acids is 4. The number of ether oxygens (including phenoxy) is 10. The number of fused-ring (bicyclic) bond motifs is 7. The number of nitro groups is 1. The van der Waals surface area contributed by atoms with E-state index >= 15 is 4.79 Å². The number of hydrogen-bond donors (Lipinski definition) is 1. The first-order valence-corrected chi connectivity index (χ1v) is 28.6. The Hall–Kier alpha value is -5.85. The number of H-pyrrole nitrogens is 1. The van der Waals surface area contributed by atoms with Crippen LogP contribution >= 0.6 is 0 Å². The molecule has 0 unspecified atom stereocenters. The van der Waals surface area contributed by atoms with Crippen LogP contribution in [0, 0.1) is 67.3 Å². The van der Waals surface area contributed by atoms with Crippen molar-refractivity contribution in [2.24, 2.45) is 50.2 Å². The van der Waals surface area contributed by atoms with Gasteiger partial charge in [-0.25, -0.2) is 4.79 Å². The van der Waals surface area contributed by atoms with Gasteiger partial charge in [0.1, 0.15) is 30.4 Å². The minimum absolute atomic E-state index is 0.00800. The summed E-state index contributed by atoms with van der Waals surface area (Å²) in [6.45, 7) is 17.8. The number of methoxy groups -OCH3 is 1. The van der Waals surface area contributed by atoms with Gasteiger partial charge in [0.05, 0.1) is 95.6 Å². The van der Waals surface area contributed by atoms with Gasteiger partial charge in [-0.3, -0.25) is 29.3 Å². The SMILES string of the molecule is COCCOCCOCCOCCOCCOCCC(=O)O[C@H]1CC[C@@]2(C)[C@@H](CC[C@]3(C)[C@@H]2C(=O)C=C2[C@@H]4C[C@@](C)(C(=O)OCc5ccc([N+](=O)[O-])c(OCc6cn[nH]n6)c5)CC[C@]4(C)CC[C@]23C)[C@]1(C)C(=O)OCc1oc(=O)oc1C. The third kappa shape index (κ3) is 13.1. The van der Waals surface area contributed by atoms with E-state index in [9.17, 15) is 29.3 Å². The summed E-state index contributed by atoms with van der Waals surface area (Å²) < 4.78 is 66.9. The summed E-state index contributed by atoms with van der Waals surface area (Å²) in [5, 5.41) is 22.0. The summed E-state index contributed by atoms with van der Waals surface area (Å²) in [5.74, 6) is -3.36. The standard InChI is InChI=1S/C59H82N4O19/c1-38-46(81-53(68)80-38)37-79-52(67)59(7)47-11-15-58(6)50(56(47,4)14-12-48(59)82-49(65)13-20-72-23-24-74-27-28-76-30-29-75-26-25-73-22-21-71-8)44(64)32-41-42-33-55(3,17-16-54(42,2)18-19-57(41,58)5)51(66)78-35-39-9-10-43(63(69)70)45(31-39)77-36-40-34-60-62-61-40/h9-10,31-32,34,42,47-48,50H,11-30,33,35-37H2,1-8H3,(H,60,61,62)/t42-,47+,48-,50+,54+,55-,56-,57+,58+,59-/m0/s1. The van der Waals surface area contributed by atoms with Crippen molar-refractivity contribution in [3.63, 3.8) is 0 Å². The number of esters is 3. The lowest BCUT2D eigenvalue weighted by Gasteiger charge is -2.70. The number of carbonyl (C=O) groups is 4. The van der Waals surface area contributed by atoms with E-state index in [1.54, 1.807) is 20.1 Å². The van der Waals surface area contributed by atoms with Gasteiger partial charge in [-0.15, -0.1) is 0 Å². The Morgan fingerprint density at radius 2 is 1.41 bits per heavy atom. The molecule has 0 saturated heterocycles. The van der Waals surface area contributed by atoms with E-state index in [1.807, 2.05) is 13.0 Å². The molecule has 0 spiro atoms. The Bertz CT molecular complexity index is 2810. The number of nitrogens with one attached hydrogen (secondary N) is 1. The highest BCUT2D eigenvalue weighted by molar-refractivity contribution is 5.96. The Kier molecular flexibility index (Phi) is 20.0. The van der Waals surface area contributed by atoms with Crippen molar-refractivity contribution in [1.29, 1.82) is 0 Å². The predicted molar refractivity (Wildman–Crippen MR) is 290 cm³/mol. The van der Waals surface area contributed by atoms with E-state index in [0.717, 1.165) is 24.8 Å². The average Bonchev–Trinajstić information content (AvgIpc) is 1.47. The second kappa shape index (κ2) is 26.4. The third-order valence-corrected chi connectivity index (χ3v) is 19.4. The van der Waals surface area contributed by atoms with Crippen LogP contribution in [0.1, 0.15) is 129 Å². The van der Waals surface area contributed by atoms with Crippen LogP contribution in [0.5, 0.6) is 5.75 Å². The van der Waals surface area contributed by atoms with Crippen LogP contribution in [0.3, 0.4) is 0 Å². The van der Waals surface area contributed by atoms with Crippen LogP contribution in [0.25, 0.3) is 0 Å². The van der Waals surface area contributed by atoms with Gasteiger partial charge in [0.25, 0.3) is 0 Å². The zero-order valence-electron chi connectivity index (χ0n) is 48.8. The molecule has 2 aromatic heterocycles. The Morgan fingerprint density at radius 1 is 0.768 bits per heavy atom. The molecule has 4 saturated carbocycles. The van der Waals surface area contributed by atoms with Crippen molar-refractivity contribution in [2.75, 3.05) is 79.8 Å². The molecular weight excluding hydrogens is 1070 g/mol. The summed E-state index contributed by atoms with van der Waals surface area (Å²) in [7, 11) is 1.62. The molecule has 1 aromatic carbocycles. The van der Waals surface area contributed by atoms with E-state index in [-0.39, 0.29) is 91.9 Å². The van der Waals surface area contributed by atoms with E-state index in [1.165, 1.54) is 25.3 Å². The van der Waals surface area contributed by atoms with Crippen molar-refractivity contribution in [2.45, 2.75) is 139 Å². The molecule has 452 valence electrons. The lowest BCUT2D eigenvalue weighted by Crippen LogP contribution is -2.68. The van der Waals surface area contributed by atoms with Crippen molar-refractivity contribution in [3.8, 4) is 5.75 Å². The molecular formula is C59H82N4O19. The van der Waals surface area contributed by atoms with Crippen LogP contribution in [-0.4, -0.2) is 130 Å². The van der Waals surface area contributed by atoms with Crippen LogP contribution in [0.4, 0.5) is 5.69 Å². The maximum Gasteiger partial charge on any atom is 0.519 e. The van der Waals surface area contributed by atoms with Crippen molar-refractivity contribution < 1.29 is 80.3 Å². The highest BCUT2D eigenvalue weighted by Gasteiger charge is 2.72. The van der Waals surface area contributed by atoms with Gasteiger partial charge in [-0.05, 0) is 136 Å². The van der Waals surface area contributed by atoms with Gasteiger partial charge in [0, 0.05) is 19.1 Å². The fourth-order valence-electron chi connectivity index (χ4n) is 14.5. The fourth-order valence-corrected chi connectivity index (χ4v) is 14.5. The quantitative estimate of drug-likeness (QED) is 0.0227. The van der Waals surface area contributed by atoms with Crippen LogP contribution in [-0.2, 0) is 81.6 Å². The van der Waals surface area contributed by atoms with Gasteiger partial charge in [0.2, 0.25) is 0 Å². The molecule has 8 rings (SSSR count). The number of nitro benzene ring substituents is 1. The first kappa shape index (κ1) is 62.2. The molecule has 3 aromatic rings. The van der Waals surface area contributed by atoms with Crippen LogP contribution in [0.15, 0.2) is 49.7 Å². The second-order valence-corrected chi connectivity index (χ2v) is 24.3. The average molecular weight is 1150 g/mol. The molecule has 4 fully saturated rings. The zero-order valence-corrected chi connectivity index (χ0v) is 48.8. The number of benzene rings is 1. The van der Waals surface area contributed by atoms with E-state index < -0.39 is 67.7 Å². The summed E-state index contributed by atoms with van der Waals surface area (Å²) >= 11 is 0. The molecule has 5 aliphatic carbocycles. The van der Waals surface area contributed by atoms with Crippen LogP contribution in [0.2, 0.25) is 0 Å². The summed E-state index contributed by atoms with van der Waals surface area (Å²) in [5.41, 5.74) is -2.50. The monoisotopic (exact) mass is 1150 g/mol. The largest absolute Gasteiger partial charge is 0.519 e. The molecule has 2 heterocycles. The topological polar surface area (TPSA) is 289 Å². The molecule has 0 amide bonds. The first-order valence-electron chi connectivity index (χ1n) is 28.6. The van der Waals surface area contributed by atoms with Crippen molar-refractivity contribution in [3.05, 3.63) is 79.6 Å². The van der Waals surface area contributed by atoms with E-state index in [0.29, 0.717) is 103 Å². The van der Waals surface area contributed by atoms with Gasteiger partial charge in [0.15, 0.2) is 29.7 Å². The number of nitrogens with zero attached hydrogens (tertiary/aromatic N) is 3. The fraction of sp³-hybridized carbons (Fsp3) is 0.712. The summed E-state index contributed by atoms with van der Waals surface area (Å²) in [6.07, 6.45) is 7.73. The zero-order chi connectivity index (χ0) is 58.9. The minimum Gasteiger partial charge on any atom is -0.480 e. The van der Waals surface area contributed by atoms with Crippen LogP contribution < -0.4 is 10.6 Å². The molecule has 1 N–H and O–H groups in total. The van der Waals surface area contributed by atoms with Crippen molar-refractivity contribution >= 4 is 29.4 Å². The Morgan fingerprint density at radius 3 is 2.04 bits per heavy atom. The highest BCUT2D eigenvalue weighted by Crippen LogP contribution is 2.75. The maximum atomic E-state index is 15.4. The first-order chi connectivity index (χ1) is 39.1. The van der Waals surface area contributed by atoms with E-state index in [2.05, 4.69) is 43.1 Å². The van der Waals surface area contributed by atoms with Crippen molar-refractivity contribution in [1.82, 2.24) is 15.4 Å². The lowest BCUT2D eigenvalue weighted by atomic mass is 9.33. The molecule has 0 bridgehead atoms. The molecule has 23 nitrogen and oxygen atoms in total. The Labute approximate surface area is 477 Å². The summed E-state index contributed by atoms with van der Waals surface area (Å²) in [6, 6.07) is 4.36. The van der Waals surface area contributed by atoms with Gasteiger partial charge in [-0.1, -0.05) is 33.3 Å². The molecule has 10 atom stereocenters. The van der Waals surface area contributed by atoms with Gasteiger partial charge >= 0.3 is 29.4 Å². The number of hydrogen-bond acceptors (Lipinski definition) is 21. The highest BCUT2D eigenvalue weighted by atomic mass is 16.6. The predicted octanol–water partition coefficient (Wildman–Crippen LogP) is 7.93.